The average Bonchev–Trinajstić information content (AvgIpc) is 2.39. The molecule has 0 radical (unpaired) electrons. The number of aryl methyl sites for hydroxylation is 1. The molecule has 1 aliphatic rings. The van der Waals surface area contributed by atoms with Crippen LogP contribution in [-0.4, -0.2) is 13.1 Å². The Hall–Kier alpha value is -1.49. The van der Waals surface area contributed by atoms with E-state index in [9.17, 15) is 0 Å². The van der Waals surface area contributed by atoms with Gasteiger partial charge in [-0.2, -0.15) is 5.26 Å². The minimum atomic E-state index is 0.290. The Kier molecular flexibility index (Phi) is 3.68. The van der Waals surface area contributed by atoms with E-state index >= 15 is 0 Å². The third-order valence-corrected chi connectivity index (χ3v) is 3.87. The first-order chi connectivity index (χ1) is 8.20. The van der Waals surface area contributed by atoms with E-state index in [0.29, 0.717) is 6.04 Å². The van der Waals surface area contributed by atoms with E-state index in [-0.39, 0.29) is 5.92 Å². The van der Waals surface area contributed by atoms with Gasteiger partial charge in [0, 0.05) is 24.7 Å². The second kappa shape index (κ2) is 5.23. The first kappa shape index (κ1) is 12.0. The standard InChI is InChI=1S/C15H20N2/c1-12-3-7-14(8-4-12)17(2)15-9-5-13(11-16)6-10-15/h3-4,7-8,13,15H,5-6,9-10H2,1-2H3. The molecule has 1 aliphatic carbocycles. The lowest BCUT2D eigenvalue weighted by Crippen LogP contribution is -2.34. The molecule has 0 unspecified atom stereocenters. The highest BCUT2D eigenvalue weighted by atomic mass is 15.1. The Bertz CT molecular complexity index is 394. The summed E-state index contributed by atoms with van der Waals surface area (Å²) in [5.41, 5.74) is 2.59. The Balaban J connectivity index is 1.99. The van der Waals surface area contributed by atoms with Crippen molar-refractivity contribution in [1.82, 2.24) is 0 Å². The van der Waals surface area contributed by atoms with Crippen molar-refractivity contribution in [2.75, 3.05) is 11.9 Å². The topological polar surface area (TPSA) is 27.0 Å². The summed E-state index contributed by atoms with van der Waals surface area (Å²) < 4.78 is 0. The van der Waals surface area contributed by atoms with Crippen molar-refractivity contribution in [2.45, 2.75) is 38.6 Å². The number of hydrogen-bond donors (Lipinski definition) is 0. The Morgan fingerprint density at radius 2 is 1.71 bits per heavy atom. The molecule has 0 N–H and O–H groups in total. The van der Waals surface area contributed by atoms with E-state index in [1.54, 1.807) is 0 Å². The maximum Gasteiger partial charge on any atom is 0.0655 e. The zero-order valence-electron chi connectivity index (χ0n) is 10.7. The van der Waals surface area contributed by atoms with E-state index in [4.69, 9.17) is 5.26 Å². The summed E-state index contributed by atoms with van der Waals surface area (Å²) >= 11 is 0. The Morgan fingerprint density at radius 1 is 1.12 bits per heavy atom. The van der Waals surface area contributed by atoms with Crippen molar-refractivity contribution in [1.29, 1.82) is 5.26 Å². The fourth-order valence-corrected chi connectivity index (χ4v) is 2.58. The van der Waals surface area contributed by atoms with Gasteiger partial charge in [-0.15, -0.1) is 0 Å². The fraction of sp³-hybridized carbons (Fsp3) is 0.533. The van der Waals surface area contributed by atoms with Gasteiger partial charge < -0.3 is 4.90 Å². The van der Waals surface area contributed by atoms with Gasteiger partial charge in [0.05, 0.1) is 6.07 Å². The Labute approximate surface area is 104 Å². The van der Waals surface area contributed by atoms with Crippen LogP contribution in [0.5, 0.6) is 0 Å². The molecule has 2 heteroatoms. The van der Waals surface area contributed by atoms with Crippen LogP contribution in [0.4, 0.5) is 5.69 Å². The van der Waals surface area contributed by atoms with Gasteiger partial charge >= 0.3 is 0 Å². The predicted octanol–water partition coefficient (Wildman–Crippen LogP) is 3.51. The molecule has 2 rings (SSSR count). The van der Waals surface area contributed by atoms with Crippen molar-refractivity contribution in [3.05, 3.63) is 29.8 Å². The molecule has 1 aromatic rings. The highest BCUT2D eigenvalue weighted by Gasteiger charge is 2.23. The molecule has 0 atom stereocenters. The number of hydrogen-bond acceptors (Lipinski definition) is 2. The molecule has 1 fully saturated rings. The van der Waals surface area contributed by atoms with Gasteiger partial charge in [-0.3, -0.25) is 0 Å². The lowest BCUT2D eigenvalue weighted by atomic mass is 9.86. The smallest absolute Gasteiger partial charge is 0.0655 e. The van der Waals surface area contributed by atoms with Crippen LogP contribution in [0.3, 0.4) is 0 Å². The summed E-state index contributed by atoms with van der Waals surface area (Å²) in [6.07, 6.45) is 4.39. The van der Waals surface area contributed by atoms with E-state index in [0.717, 1.165) is 25.7 Å². The molecule has 0 aliphatic heterocycles. The molecule has 0 aromatic heterocycles. The predicted molar refractivity (Wildman–Crippen MR) is 70.9 cm³/mol. The molecule has 2 nitrogen and oxygen atoms in total. The molecule has 1 saturated carbocycles. The third-order valence-electron chi connectivity index (χ3n) is 3.87. The van der Waals surface area contributed by atoms with Crippen molar-refractivity contribution < 1.29 is 0 Å². The van der Waals surface area contributed by atoms with Crippen LogP contribution in [0.25, 0.3) is 0 Å². The van der Waals surface area contributed by atoms with Crippen molar-refractivity contribution in [3.63, 3.8) is 0 Å². The van der Waals surface area contributed by atoms with Crippen LogP contribution in [0.15, 0.2) is 24.3 Å². The second-order valence-corrected chi connectivity index (χ2v) is 5.08. The summed E-state index contributed by atoms with van der Waals surface area (Å²) in [6.45, 7) is 2.11. The molecule has 1 aromatic carbocycles. The first-order valence-corrected chi connectivity index (χ1v) is 6.40. The van der Waals surface area contributed by atoms with Crippen molar-refractivity contribution in [3.8, 4) is 6.07 Å². The van der Waals surface area contributed by atoms with Gasteiger partial charge in [0.25, 0.3) is 0 Å². The largest absolute Gasteiger partial charge is 0.372 e. The first-order valence-electron chi connectivity index (χ1n) is 6.40. The molecular weight excluding hydrogens is 208 g/mol. The highest BCUT2D eigenvalue weighted by Crippen LogP contribution is 2.29. The molecule has 17 heavy (non-hydrogen) atoms. The minimum absolute atomic E-state index is 0.290. The Morgan fingerprint density at radius 3 is 2.24 bits per heavy atom. The van der Waals surface area contributed by atoms with Crippen molar-refractivity contribution in [2.24, 2.45) is 5.92 Å². The molecule has 0 heterocycles. The molecule has 0 spiro atoms. The zero-order chi connectivity index (χ0) is 12.3. The summed E-state index contributed by atoms with van der Waals surface area (Å²) in [6, 6.07) is 11.7. The molecule has 0 saturated heterocycles. The van der Waals surface area contributed by atoms with E-state index in [1.165, 1.54) is 11.3 Å². The minimum Gasteiger partial charge on any atom is -0.372 e. The van der Waals surface area contributed by atoms with Crippen LogP contribution >= 0.6 is 0 Å². The molecule has 0 amide bonds. The molecule has 90 valence electrons. The molecule has 0 bridgehead atoms. The summed E-state index contributed by atoms with van der Waals surface area (Å²) in [4.78, 5) is 2.37. The summed E-state index contributed by atoms with van der Waals surface area (Å²) in [5.74, 6) is 0.290. The van der Waals surface area contributed by atoms with Crippen LogP contribution in [0.2, 0.25) is 0 Å². The maximum absolute atomic E-state index is 8.90. The highest BCUT2D eigenvalue weighted by molar-refractivity contribution is 5.47. The summed E-state index contributed by atoms with van der Waals surface area (Å²) in [7, 11) is 2.17. The van der Waals surface area contributed by atoms with Gasteiger partial charge in [-0.1, -0.05) is 17.7 Å². The second-order valence-electron chi connectivity index (χ2n) is 5.08. The number of rotatable bonds is 2. The van der Waals surface area contributed by atoms with E-state index in [2.05, 4.69) is 49.2 Å². The average molecular weight is 228 g/mol. The summed E-state index contributed by atoms with van der Waals surface area (Å²) in [5, 5.41) is 8.90. The lowest BCUT2D eigenvalue weighted by Gasteiger charge is -2.34. The van der Waals surface area contributed by atoms with Gasteiger partial charge in [0.1, 0.15) is 0 Å². The van der Waals surface area contributed by atoms with Gasteiger partial charge in [0.2, 0.25) is 0 Å². The lowest BCUT2D eigenvalue weighted by molar-refractivity contribution is 0.372. The van der Waals surface area contributed by atoms with Gasteiger partial charge in [0.15, 0.2) is 0 Å². The molecular formula is C15H20N2. The van der Waals surface area contributed by atoms with Crippen molar-refractivity contribution >= 4 is 5.69 Å². The van der Waals surface area contributed by atoms with Crippen LogP contribution in [0, 0.1) is 24.2 Å². The van der Waals surface area contributed by atoms with Gasteiger partial charge in [-0.25, -0.2) is 0 Å². The maximum atomic E-state index is 8.90. The number of benzene rings is 1. The van der Waals surface area contributed by atoms with Gasteiger partial charge in [-0.05, 0) is 44.7 Å². The fourth-order valence-electron chi connectivity index (χ4n) is 2.58. The monoisotopic (exact) mass is 228 g/mol. The number of anilines is 1. The number of nitrogens with zero attached hydrogens (tertiary/aromatic N) is 2. The van der Waals surface area contributed by atoms with E-state index < -0.39 is 0 Å². The quantitative estimate of drug-likeness (QED) is 0.774. The zero-order valence-corrected chi connectivity index (χ0v) is 10.7. The number of nitriles is 1. The van der Waals surface area contributed by atoms with Crippen LogP contribution in [-0.2, 0) is 0 Å². The van der Waals surface area contributed by atoms with Crippen LogP contribution < -0.4 is 4.90 Å². The normalized spacial score (nSPS) is 24.1. The third kappa shape index (κ3) is 2.79. The SMILES string of the molecule is Cc1ccc(N(C)C2CCC(C#N)CC2)cc1. The van der Waals surface area contributed by atoms with Crippen LogP contribution in [0.1, 0.15) is 31.2 Å². The van der Waals surface area contributed by atoms with E-state index in [1.807, 2.05) is 0 Å².